The SMILES string of the molecule is CCOc1ccc(NC(=O)Nc2ccc(OCC)c(OCC)c2)cc1. The van der Waals surface area contributed by atoms with E-state index in [0.717, 1.165) is 5.75 Å². The number of nitrogens with one attached hydrogen (secondary N) is 2. The molecule has 2 aromatic carbocycles. The minimum atomic E-state index is -0.337. The Morgan fingerprint density at radius 3 is 1.96 bits per heavy atom. The van der Waals surface area contributed by atoms with Crippen LogP contribution < -0.4 is 24.8 Å². The molecule has 0 unspecified atom stereocenters. The second kappa shape index (κ2) is 9.42. The van der Waals surface area contributed by atoms with E-state index in [1.165, 1.54) is 0 Å². The summed E-state index contributed by atoms with van der Waals surface area (Å²) in [5.41, 5.74) is 1.30. The highest BCUT2D eigenvalue weighted by molar-refractivity contribution is 5.99. The molecule has 6 heteroatoms. The number of carbonyl (C=O) groups is 1. The summed E-state index contributed by atoms with van der Waals surface area (Å²) in [6, 6.07) is 12.1. The second-order valence-corrected chi connectivity index (χ2v) is 5.06. The lowest BCUT2D eigenvalue weighted by atomic mass is 10.2. The molecule has 0 aliphatic heterocycles. The van der Waals surface area contributed by atoms with Crippen molar-refractivity contribution in [2.75, 3.05) is 30.5 Å². The third kappa shape index (κ3) is 5.60. The lowest BCUT2D eigenvalue weighted by molar-refractivity contribution is 0.262. The standard InChI is InChI=1S/C19H24N2O4/c1-4-23-16-10-7-14(8-11-16)20-19(22)21-15-9-12-17(24-5-2)18(13-15)25-6-3/h7-13H,4-6H2,1-3H3,(H2,20,21,22). The number of urea groups is 1. The van der Waals surface area contributed by atoms with E-state index in [9.17, 15) is 4.79 Å². The third-order valence-corrected chi connectivity index (χ3v) is 3.22. The number of rotatable bonds is 8. The molecule has 2 rings (SSSR count). The summed E-state index contributed by atoms with van der Waals surface area (Å²) in [5, 5.41) is 5.55. The first-order valence-electron chi connectivity index (χ1n) is 8.36. The summed E-state index contributed by atoms with van der Waals surface area (Å²) in [7, 11) is 0. The van der Waals surface area contributed by atoms with E-state index in [2.05, 4.69) is 10.6 Å². The van der Waals surface area contributed by atoms with Gasteiger partial charge in [-0.25, -0.2) is 4.79 Å². The Balaban J connectivity index is 2.00. The molecule has 2 N–H and O–H groups in total. The molecule has 2 amide bonds. The average Bonchev–Trinajstić information content (AvgIpc) is 2.59. The van der Waals surface area contributed by atoms with Crippen LogP contribution in [0.25, 0.3) is 0 Å². The fourth-order valence-corrected chi connectivity index (χ4v) is 2.22. The maximum absolute atomic E-state index is 12.1. The minimum Gasteiger partial charge on any atom is -0.494 e. The van der Waals surface area contributed by atoms with Crippen molar-refractivity contribution in [2.45, 2.75) is 20.8 Å². The van der Waals surface area contributed by atoms with Crippen LogP contribution in [-0.2, 0) is 0 Å². The Morgan fingerprint density at radius 2 is 1.32 bits per heavy atom. The van der Waals surface area contributed by atoms with Crippen LogP contribution in [-0.4, -0.2) is 25.9 Å². The summed E-state index contributed by atoms with van der Waals surface area (Å²) >= 11 is 0. The van der Waals surface area contributed by atoms with Gasteiger partial charge in [-0.3, -0.25) is 0 Å². The van der Waals surface area contributed by atoms with Gasteiger partial charge in [-0.2, -0.15) is 0 Å². The van der Waals surface area contributed by atoms with Gasteiger partial charge in [0.25, 0.3) is 0 Å². The Kier molecular flexibility index (Phi) is 6.95. The molecule has 0 aromatic heterocycles. The maximum Gasteiger partial charge on any atom is 0.323 e. The molecule has 2 aromatic rings. The first kappa shape index (κ1) is 18.4. The molecule has 134 valence electrons. The largest absolute Gasteiger partial charge is 0.494 e. The minimum absolute atomic E-state index is 0.337. The molecular formula is C19H24N2O4. The molecule has 0 bridgehead atoms. The monoisotopic (exact) mass is 344 g/mol. The molecule has 0 atom stereocenters. The van der Waals surface area contributed by atoms with Crippen molar-refractivity contribution in [1.82, 2.24) is 0 Å². The zero-order chi connectivity index (χ0) is 18.1. The smallest absolute Gasteiger partial charge is 0.323 e. The zero-order valence-corrected chi connectivity index (χ0v) is 14.8. The Hall–Kier alpha value is -2.89. The van der Waals surface area contributed by atoms with Gasteiger partial charge in [-0.15, -0.1) is 0 Å². The highest BCUT2D eigenvalue weighted by Crippen LogP contribution is 2.30. The molecule has 0 radical (unpaired) electrons. The molecule has 6 nitrogen and oxygen atoms in total. The fourth-order valence-electron chi connectivity index (χ4n) is 2.22. The van der Waals surface area contributed by atoms with Crippen LogP contribution in [0.5, 0.6) is 17.2 Å². The van der Waals surface area contributed by atoms with E-state index in [4.69, 9.17) is 14.2 Å². The van der Waals surface area contributed by atoms with Crippen molar-refractivity contribution in [3.05, 3.63) is 42.5 Å². The van der Waals surface area contributed by atoms with Gasteiger partial charge in [0, 0.05) is 17.4 Å². The van der Waals surface area contributed by atoms with Gasteiger partial charge in [0.1, 0.15) is 5.75 Å². The number of benzene rings is 2. The molecule has 0 heterocycles. The Bertz CT molecular complexity index is 686. The van der Waals surface area contributed by atoms with Crippen molar-refractivity contribution in [2.24, 2.45) is 0 Å². The number of hydrogen-bond donors (Lipinski definition) is 2. The quantitative estimate of drug-likeness (QED) is 0.738. The van der Waals surface area contributed by atoms with Gasteiger partial charge < -0.3 is 24.8 Å². The Labute approximate surface area is 148 Å². The van der Waals surface area contributed by atoms with E-state index in [1.807, 2.05) is 32.9 Å². The number of amides is 2. The maximum atomic E-state index is 12.1. The van der Waals surface area contributed by atoms with Gasteiger partial charge in [0.15, 0.2) is 11.5 Å². The third-order valence-electron chi connectivity index (χ3n) is 3.22. The Morgan fingerprint density at radius 1 is 0.760 bits per heavy atom. The fraction of sp³-hybridized carbons (Fsp3) is 0.316. The van der Waals surface area contributed by atoms with E-state index < -0.39 is 0 Å². The van der Waals surface area contributed by atoms with Crippen LogP contribution in [0, 0.1) is 0 Å². The van der Waals surface area contributed by atoms with Gasteiger partial charge in [0.2, 0.25) is 0 Å². The van der Waals surface area contributed by atoms with E-state index in [-0.39, 0.29) is 6.03 Å². The van der Waals surface area contributed by atoms with Gasteiger partial charge >= 0.3 is 6.03 Å². The molecule has 0 saturated carbocycles. The van der Waals surface area contributed by atoms with E-state index >= 15 is 0 Å². The first-order valence-corrected chi connectivity index (χ1v) is 8.36. The van der Waals surface area contributed by atoms with E-state index in [1.54, 1.807) is 30.3 Å². The number of ether oxygens (including phenoxy) is 3. The molecule has 0 aliphatic rings. The normalized spacial score (nSPS) is 10.0. The number of hydrogen-bond acceptors (Lipinski definition) is 4. The number of anilines is 2. The summed E-state index contributed by atoms with van der Waals surface area (Å²) in [6.45, 7) is 7.40. The number of carbonyl (C=O) groups excluding carboxylic acids is 1. The molecule has 0 spiro atoms. The molecule has 0 fully saturated rings. The van der Waals surface area contributed by atoms with Crippen molar-refractivity contribution < 1.29 is 19.0 Å². The molecule has 25 heavy (non-hydrogen) atoms. The van der Waals surface area contributed by atoms with Crippen LogP contribution in [0.4, 0.5) is 16.2 Å². The van der Waals surface area contributed by atoms with Gasteiger partial charge in [-0.1, -0.05) is 0 Å². The lowest BCUT2D eigenvalue weighted by Gasteiger charge is -2.13. The van der Waals surface area contributed by atoms with Crippen molar-refractivity contribution in [3.8, 4) is 17.2 Å². The molecular weight excluding hydrogens is 320 g/mol. The zero-order valence-electron chi connectivity index (χ0n) is 14.8. The van der Waals surface area contributed by atoms with Crippen molar-refractivity contribution >= 4 is 17.4 Å². The van der Waals surface area contributed by atoms with Gasteiger partial charge in [-0.05, 0) is 57.2 Å². The van der Waals surface area contributed by atoms with Crippen LogP contribution in [0.2, 0.25) is 0 Å². The predicted molar refractivity (Wildman–Crippen MR) is 99.0 cm³/mol. The van der Waals surface area contributed by atoms with Crippen molar-refractivity contribution in [3.63, 3.8) is 0 Å². The molecule has 0 saturated heterocycles. The van der Waals surface area contributed by atoms with Crippen LogP contribution in [0.1, 0.15) is 20.8 Å². The summed E-state index contributed by atoms with van der Waals surface area (Å²) in [6.07, 6.45) is 0. The van der Waals surface area contributed by atoms with Crippen LogP contribution in [0.3, 0.4) is 0 Å². The predicted octanol–water partition coefficient (Wildman–Crippen LogP) is 4.53. The first-order chi connectivity index (χ1) is 12.2. The lowest BCUT2D eigenvalue weighted by Crippen LogP contribution is -2.19. The van der Waals surface area contributed by atoms with Crippen LogP contribution in [0.15, 0.2) is 42.5 Å². The summed E-state index contributed by atoms with van der Waals surface area (Å²) in [4.78, 5) is 12.1. The second-order valence-electron chi connectivity index (χ2n) is 5.06. The summed E-state index contributed by atoms with van der Waals surface area (Å²) in [5.74, 6) is 2.02. The highest BCUT2D eigenvalue weighted by atomic mass is 16.5. The van der Waals surface area contributed by atoms with E-state index in [0.29, 0.717) is 42.7 Å². The van der Waals surface area contributed by atoms with Crippen LogP contribution >= 0.6 is 0 Å². The van der Waals surface area contributed by atoms with Crippen molar-refractivity contribution in [1.29, 1.82) is 0 Å². The molecule has 0 aliphatic carbocycles. The van der Waals surface area contributed by atoms with Gasteiger partial charge in [0.05, 0.1) is 19.8 Å². The highest BCUT2D eigenvalue weighted by Gasteiger charge is 2.09. The summed E-state index contributed by atoms with van der Waals surface area (Å²) < 4.78 is 16.4. The average molecular weight is 344 g/mol. The topological polar surface area (TPSA) is 68.8 Å².